The van der Waals surface area contributed by atoms with Gasteiger partial charge in [0.15, 0.2) is 0 Å². The second-order valence-corrected chi connectivity index (χ2v) is 7.36. The number of rotatable bonds is 11. The van der Waals surface area contributed by atoms with Crippen LogP contribution >= 0.6 is 0 Å². The molecule has 0 radical (unpaired) electrons. The van der Waals surface area contributed by atoms with Gasteiger partial charge in [-0.25, -0.2) is 4.90 Å². The summed E-state index contributed by atoms with van der Waals surface area (Å²) in [5.41, 5.74) is 2.90. The van der Waals surface area contributed by atoms with E-state index in [1.807, 2.05) is 41.3 Å². The third kappa shape index (κ3) is 4.69. The fourth-order valence-electron chi connectivity index (χ4n) is 3.76. The number of carbonyl (C=O) groups is 2. The number of imide groups is 1. The Morgan fingerprint density at radius 3 is 2.03 bits per heavy atom. The molecule has 0 aliphatic carbocycles. The molecule has 7 heteroatoms. The predicted octanol–water partition coefficient (Wildman–Crippen LogP) is 3.14. The van der Waals surface area contributed by atoms with Crippen molar-refractivity contribution in [3.8, 4) is 5.75 Å². The highest BCUT2D eigenvalue weighted by Crippen LogP contribution is 2.38. The van der Waals surface area contributed by atoms with Crippen LogP contribution in [0.1, 0.15) is 18.1 Å². The van der Waals surface area contributed by atoms with Crippen LogP contribution in [0.4, 0.5) is 5.69 Å². The Bertz CT molecular complexity index is 976. The van der Waals surface area contributed by atoms with E-state index in [2.05, 4.69) is 6.92 Å². The number of benzene rings is 2. The van der Waals surface area contributed by atoms with Gasteiger partial charge in [-0.1, -0.05) is 37.3 Å². The van der Waals surface area contributed by atoms with Gasteiger partial charge in [-0.2, -0.15) is 0 Å². The number of ether oxygens (including phenoxy) is 3. The minimum atomic E-state index is -0.376. The molecule has 0 spiro atoms. The van der Waals surface area contributed by atoms with Gasteiger partial charge in [-0.15, -0.1) is 0 Å². The van der Waals surface area contributed by atoms with Crippen molar-refractivity contribution in [1.82, 2.24) is 4.90 Å². The molecule has 0 unspecified atom stereocenters. The molecule has 170 valence electrons. The molecule has 0 N–H and O–H groups in total. The van der Waals surface area contributed by atoms with Crippen molar-refractivity contribution in [2.45, 2.75) is 13.3 Å². The molecule has 0 aromatic heterocycles. The highest BCUT2D eigenvalue weighted by molar-refractivity contribution is 6.45. The first kappa shape index (κ1) is 23.5. The second-order valence-electron chi connectivity index (χ2n) is 7.36. The zero-order chi connectivity index (χ0) is 23.1. The molecule has 0 fully saturated rings. The van der Waals surface area contributed by atoms with Gasteiger partial charge >= 0.3 is 0 Å². The molecule has 2 amide bonds. The zero-order valence-corrected chi connectivity index (χ0v) is 19.1. The minimum Gasteiger partial charge on any atom is -0.496 e. The number of methoxy groups -OCH3 is 3. The van der Waals surface area contributed by atoms with Crippen LogP contribution < -0.4 is 9.64 Å². The van der Waals surface area contributed by atoms with Gasteiger partial charge in [0, 0.05) is 32.9 Å². The van der Waals surface area contributed by atoms with Gasteiger partial charge in [0.25, 0.3) is 11.8 Å². The van der Waals surface area contributed by atoms with E-state index in [1.54, 1.807) is 33.5 Å². The van der Waals surface area contributed by atoms with Crippen molar-refractivity contribution in [2.24, 2.45) is 0 Å². The smallest absolute Gasteiger partial charge is 0.282 e. The summed E-state index contributed by atoms with van der Waals surface area (Å²) in [7, 11) is 4.76. The van der Waals surface area contributed by atoms with Gasteiger partial charge in [-0.05, 0) is 30.2 Å². The first-order valence-electron chi connectivity index (χ1n) is 10.7. The zero-order valence-electron chi connectivity index (χ0n) is 19.1. The van der Waals surface area contributed by atoms with Crippen LogP contribution in [0.15, 0.2) is 54.2 Å². The van der Waals surface area contributed by atoms with Gasteiger partial charge < -0.3 is 19.1 Å². The second kappa shape index (κ2) is 10.9. The largest absolute Gasteiger partial charge is 0.496 e. The van der Waals surface area contributed by atoms with E-state index in [1.165, 1.54) is 4.90 Å². The summed E-state index contributed by atoms with van der Waals surface area (Å²) in [6, 6.07) is 14.7. The molecule has 0 saturated heterocycles. The number of hydrogen-bond acceptors (Lipinski definition) is 6. The highest BCUT2D eigenvalue weighted by Gasteiger charge is 2.43. The number of para-hydroxylation sites is 1. The third-order valence-electron chi connectivity index (χ3n) is 5.49. The van der Waals surface area contributed by atoms with Crippen molar-refractivity contribution in [3.05, 3.63) is 65.4 Å². The molecule has 2 aromatic rings. The van der Waals surface area contributed by atoms with Crippen molar-refractivity contribution in [1.29, 1.82) is 0 Å². The third-order valence-corrected chi connectivity index (χ3v) is 5.49. The van der Waals surface area contributed by atoms with Gasteiger partial charge in [0.1, 0.15) is 11.4 Å². The summed E-state index contributed by atoms with van der Waals surface area (Å²) < 4.78 is 16.0. The molecule has 0 saturated carbocycles. The van der Waals surface area contributed by atoms with Gasteiger partial charge in [-0.3, -0.25) is 9.59 Å². The van der Waals surface area contributed by atoms with Crippen LogP contribution in [0.2, 0.25) is 0 Å². The van der Waals surface area contributed by atoms with Crippen LogP contribution in [-0.4, -0.2) is 64.3 Å². The van der Waals surface area contributed by atoms with Crippen LogP contribution in [-0.2, 0) is 25.5 Å². The van der Waals surface area contributed by atoms with Crippen molar-refractivity contribution < 1.29 is 23.8 Å². The molecule has 32 heavy (non-hydrogen) atoms. The molecule has 2 aromatic carbocycles. The topological polar surface area (TPSA) is 68.3 Å². The molecule has 7 nitrogen and oxygen atoms in total. The summed E-state index contributed by atoms with van der Waals surface area (Å²) in [6.07, 6.45) is 0.875. The van der Waals surface area contributed by atoms with Crippen molar-refractivity contribution >= 4 is 23.1 Å². The summed E-state index contributed by atoms with van der Waals surface area (Å²) >= 11 is 0. The Hall–Kier alpha value is -3.16. The maximum absolute atomic E-state index is 13.7. The van der Waals surface area contributed by atoms with Crippen LogP contribution in [0.5, 0.6) is 5.75 Å². The lowest BCUT2D eigenvalue weighted by Gasteiger charge is -2.25. The fourth-order valence-corrected chi connectivity index (χ4v) is 3.76. The number of amides is 2. The molecular formula is C25H30N2O5. The maximum Gasteiger partial charge on any atom is 0.282 e. The lowest BCUT2D eigenvalue weighted by Crippen LogP contribution is -2.37. The monoisotopic (exact) mass is 438 g/mol. The van der Waals surface area contributed by atoms with E-state index in [-0.39, 0.29) is 11.8 Å². The molecule has 0 bridgehead atoms. The number of hydrogen-bond donors (Lipinski definition) is 0. The normalized spacial score (nSPS) is 13.8. The summed E-state index contributed by atoms with van der Waals surface area (Å²) in [4.78, 5) is 30.5. The Kier molecular flexibility index (Phi) is 8.03. The number of anilines is 1. The first-order chi connectivity index (χ1) is 15.6. The molecule has 1 aliphatic rings. The Balaban J connectivity index is 2.15. The van der Waals surface area contributed by atoms with E-state index in [0.29, 0.717) is 54.6 Å². The average molecular weight is 439 g/mol. The predicted molar refractivity (Wildman–Crippen MR) is 124 cm³/mol. The summed E-state index contributed by atoms with van der Waals surface area (Å²) in [5.74, 6) is -0.214. The van der Waals surface area contributed by atoms with E-state index in [4.69, 9.17) is 14.2 Å². The lowest BCUT2D eigenvalue weighted by atomic mass is 10.0. The van der Waals surface area contributed by atoms with E-state index >= 15 is 0 Å². The number of aryl methyl sites for hydroxylation is 1. The molecule has 1 aliphatic heterocycles. The van der Waals surface area contributed by atoms with E-state index < -0.39 is 0 Å². The Labute approximate surface area is 189 Å². The van der Waals surface area contributed by atoms with Crippen molar-refractivity contribution in [2.75, 3.05) is 52.5 Å². The van der Waals surface area contributed by atoms with Gasteiger partial charge in [0.2, 0.25) is 0 Å². The van der Waals surface area contributed by atoms with E-state index in [0.717, 1.165) is 12.0 Å². The number of nitrogens with zero attached hydrogens (tertiary/aromatic N) is 2. The minimum absolute atomic E-state index is 0.319. The van der Waals surface area contributed by atoms with Crippen LogP contribution in [0, 0.1) is 0 Å². The SMILES string of the molecule is CCc1ccc(N2C(=O)C(c3ccccc3OC)=C(N(CCOC)CCOC)C2=O)cc1. The lowest BCUT2D eigenvalue weighted by molar-refractivity contribution is -0.120. The number of carbonyl (C=O) groups excluding carboxylic acids is 2. The van der Waals surface area contributed by atoms with Crippen LogP contribution in [0.3, 0.4) is 0 Å². The molecule has 3 rings (SSSR count). The maximum atomic E-state index is 13.7. The quantitative estimate of drug-likeness (QED) is 0.502. The molecule has 0 atom stereocenters. The molecule has 1 heterocycles. The highest BCUT2D eigenvalue weighted by atomic mass is 16.5. The first-order valence-corrected chi connectivity index (χ1v) is 10.7. The summed E-state index contributed by atoms with van der Waals surface area (Å²) in [6.45, 7) is 3.74. The Morgan fingerprint density at radius 2 is 1.47 bits per heavy atom. The fraction of sp³-hybridized carbons (Fsp3) is 0.360. The van der Waals surface area contributed by atoms with Gasteiger partial charge in [0.05, 0.1) is 31.6 Å². The van der Waals surface area contributed by atoms with Crippen molar-refractivity contribution in [3.63, 3.8) is 0 Å². The average Bonchev–Trinajstić information content (AvgIpc) is 3.09. The standard InChI is InChI=1S/C25H30N2O5/c1-5-18-10-12-19(13-11-18)27-24(28)22(20-8-6-7-9-21(20)32-4)23(25(27)29)26(14-16-30-2)15-17-31-3/h6-13H,5,14-17H2,1-4H3. The summed E-state index contributed by atoms with van der Waals surface area (Å²) in [5, 5.41) is 0. The van der Waals surface area contributed by atoms with E-state index in [9.17, 15) is 9.59 Å². The molecular weight excluding hydrogens is 408 g/mol. The van der Waals surface area contributed by atoms with Crippen LogP contribution in [0.25, 0.3) is 5.57 Å². The Morgan fingerprint density at radius 1 is 0.844 bits per heavy atom.